The first-order valence-electron chi connectivity index (χ1n) is 10.7. The molecule has 1 amide bonds. The van der Waals surface area contributed by atoms with Gasteiger partial charge in [-0.2, -0.15) is 4.31 Å². The molecule has 1 fully saturated rings. The summed E-state index contributed by atoms with van der Waals surface area (Å²) in [6.45, 7) is 2.01. The summed E-state index contributed by atoms with van der Waals surface area (Å²) in [5, 5.41) is 2.90. The van der Waals surface area contributed by atoms with Gasteiger partial charge < -0.3 is 10.1 Å². The molecule has 8 nitrogen and oxygen atoms in total. The third kappa shape index (κ3) is 4.14. The second-order valence-electron chi connectivity index (χ2n) is 8.36. The van der Waals surface area contributed by atoms with Gasteiger partial charge in [-0.15, -0.1) is 11.3 Å². The number of sulfonamides is 1. The fourth-order valence-electron chi connectivity index (χ4n) is 4.48. The quantitative estimate of drug-likeness (QED) is 0.595. The number of carbonyl (C=O) groups is 2. The Morgan fingerprint density at radius 3 is 2.88 bits per heavy atom. The summed E-state index contributed by atoms with van der Waals surface area (Å²) < 4.78 is 34.5. The first kappa shape index (κ1) is 22.0. The van der Waals surface area contributed by atoms with Gasteiger partial charge in [0, 0.05) is 24.6 Å². The Hall–Kier alpha value is -2.82. The molecule has 3 aromatic rings. The zero-order chi connectivity index (χ0) is 23.2. The van der Waals surface area contributed by atoms with Crippen LogP contribution in [0.25, 0.3) is 10.2 Å². The number of hydrogen-bond donors (Lipinski definition) is 1. The van der Waals surface area contributed by atoms with Gasteiger partial charge in [-0.25, -0.2) is 13.4 Å². The normalized spacial score (nSPS) is 20.9. The minimum atomic E-state index is -3.89. The Morgan fingerprint density at radius 2 is 2.06 bits per heavy atom. The lowest BCUT2D eigenvalue weighted by atomic mass is 9.90. The number of hydrogen-bond acceptors (Lipinski definition) is 7. The molecule has 1 aromatic heterocycles. The molecule has 2 unspecified atom stereocenters. The van der Waals surface area contributed by atoms with E-state index in [0.717, 1.165) is 15.8 Å². The van der Waals surface area contributed by atoms with E-state index in [1.54, 1.807) is 17.6 Å². The molecule has 5 rings (SSSR count). The first-order valence-corrected chi connectivity index (χ1v) is 13.1. The number of anilines is 1. The molecule has 0 radical (unpaired) electrons. The SMILES string of the molecule is CC(=O)C1CC(C(=O)Nc2ccc3scnc3c2)CCN1S(=O)(=O)c1ccc2c(c1)CCO2. The summed E-state index contributed by atoms with van der Waals surface area (Å²) >= 11 is 1.52. The van der Waals surface area contributed by atoms with Crippen LogP contribution in [-0.2, 0) is 26.0 Å². The molecule has 0 aliphatic carbocycles. The lowest BCUT2D eigenvalue weighted by molar-refractivity contribution is -0.125. The van der Waals surface area contributed by atoms with Crippen molar-refractivity contribution < 1.29 is 22.7 Å². The Morgan fingerprint density at radius 1 is 1.21 bits per heavy atom. The smallest absolute Gasteiger partial charge is 0.243 e. The van der Waals surface area contributed by atoms with Crippen LogP contribution in [0.3, 0.4) is 0 Å². The number of nitrogens with zero attached hydrogens (tertiary/aromatic N) is 2. The van der Waals surface area contributed by atoms with E-state index in [-0.39, 0.29) is 29.6 Å². The maximum absolute atomic E-state index is 13.4. The van der Waals surface area contributed by atoms with Crippen LogP contribution in [0.1, 0.15) is 25.3 Å². The average molecular weight is 486 g/mol. The predicted octanol–water partition coefficient (Wildman–Crippen LogP) is 3.23. The van der Waals surface area contributed by atoms with Crippen LogP contribution in [0, 0.1) is 5.92 Å². The Kier molecular flexibility index (Phi) is 5.67. The van der Waals surface area contributed by atoms with Crippen molar-refractivity contribution in [2.75, 3.05) is 18.5 Å². The third-order valence-electron chi connectivity index (χ3n) is 6.26. The highest BCUT2D eigenvalue weighted by Crippen LogP contribution is 2.33. The number of rotatable bonds is 5. The Bertz CT molecular complexity index is 1350. The Balaban J connectivity index is 1.34. The molecule has 33 heavy (non-hydrogen) atoms. The molecular weight excluding hydrogens is 462 g/mol. The molecule has 0 saturated carbocycles. The van der Waals surface area contributed by atoms with E-state index in [0.29, 0.717) is 30.9 Å². The van der Waals surface area contributed by atoms with Crippen molar-refractivity contribution in [2.24, 2.45) is 5.92 Å². The summed E-state index contributed by atoms with van der Waals surface area (Å²) in [5.74, 6) is -0.264. The van der Waals surface area contributed by atoms with Crippen LogP contribution in [0.4, 0.5) is 5.69 Å². The number of benzene rings is 2. The molecule has 1 N–H and O–H groups in total. The fraction of sp³-hybridized carbons (Fsp3) is 0.348. The molecule has 1 saturated heterocycles. The van der Waals surface area contributed by atoms with E-state index in [1.165, 1.54) is 28.6 Å². The number of Topliss-reactive ketones (excluding diaryl/α,β-unsaturated/α-hetero) is 1. The van der Waals surface area contributed by atoms with E-state index >= 15 is 0 Å². The van der Waals surface area contributed by atoms with Crippen LogP contribution in [-0.4, -0.2) is 48.6 Å². The van der Waals surface area contributed by atoms with Crippen LogP contribution >= 0.6 is 11.3 Å². The van der Waals surface area contributed by atoms with Crippen molar-refractivity contribution in [1.82, 2.24) is 9.29 Å². The molecule has 10 heteroatoms. The molecular formula is C23H23N3O5S2. The minimum Gasteiger partial charge on any atom is -0.493 e. The number of fused-ring (bicyclic) bond motifs is 2. The average Bonchev–Trinajstić information content (AvgIpc) is 3.47. The summed E-state index contributed by atoms with van der Waals surface area (Å²) in [5.41, 5.74) is 4.04. The fourth-order valence-corrected chi connectivity index (χ4v) is 6.85. The largest absolute Gasteiger partial charge is 0.493 e. The summed E-state index contributed by atoms with van der Waals surface area (Å²) in [4.78, 5) is 29.8. The number of ether oxygens (including phenoxy) is 1. The van der Waals surface area contributed by atoms with Gasteiger partial charge in [-0.05, 0) is 61.7 Å². The van der Waals surface area contributed by atoms with Gasteiger partial charge in [0.05, 0.1) is 33.3 Å². The molecule has 2 aliphatic rings. The monoisotopic (exact) mass is 485 g/mol. The molecule has 2 aliphatic heterocycles. The summed E-state index contributed by atoms with van der Waals surface area (Å²) in [6.07, 6.45) is 1.14. The van der Waals surface area contributed by atoms with Crippen molar-refractivity contribution in [3.63, 3.8) is 0 Å². The number of thiazole rings is 1. The standard InChI is InChI=1S/C23H23N3O5S2/c1-14(27)20-11-16(23(28)25-17-2-5-22-19(12-17)24-13-32-22)6-8-26(20)33(29,30)18-3-4-21-15(10-18)7-9-31-21/h2-5,10,12-13,16,20H,6-9,11H2,1H3,(H,25,28). The molecule has 0 spiro atoms. The summed E-state index contributed by atoms with van der Waals surface area (Å²) in [6, 6.07) is 9.45. The van der Waals surface area contributed by atoms with E-state index < -0.39 is 22.0 Å². The van der Waals surface area contributed by atoms with Crippen LogP contribution in [0.2, 0.25) is 0 Å². The van der Waals surface area contributed by atoms with E-state index in [4.69, 9.17) is 4.74 Å². The van der Waals surface area contributed by atoms with Crippen molar-refractivity contribution in [3.8, 4) is 5.75 Å². The predicted molar refractivity (Wildman–Crippen MR) is 125 cm³/mol. The van der Waals surface area contributed by atoms with Crippen molar-refractivity contribution >= 4 is 49.0 Å². The van der Waals surface area contributed by atoms with Gasteiger partial charge in [0.2, 0.25) is 15.9 Å². The third-order valence-corrected chi connectivity index (χ3v) is 8.97. The maximum Gasteiger partial charge on any atom is 0.243 e. The zero-order valence-corrected chi connectivity index (χ0v) is 19.6. The van der Waals surface area contributed by atoms with E-state index in [2.05, 4.69) is 10.3 Å². The first-order chi connectivity index (χ1) is 15.8. The lowest BCUT2D eigenvalue weighted by Gasteiger charge is -2.36. The topological polar surface area (TPSA) is 106 Å². The maximum atomic E-state index is 13.4. The van der Waals surface area contributed by atoms with Gasteiger partial charge in [0.15, 0.2) is 0 Å². The van der Waals surface area contributed by atoms with E-state index in [1.807, 2.05) is 18.2 Å². The molecule has 0 bridgehead atoms. The minimum absolute atomic E-state index is 0.101. The molecule has 172 valence electrons. The number of piperidine rings is 1. The highest BCUT2D eigenvalue weighted by atomic mass is 32.2. The van der Waals surface area contributed by atoms with Gasteiger partial charge >= 0.3 is 0 Å². The molecule has 2 aromatic carbocycles. The van der Waals surface area contributed by atoms with Crippen molar-refractivity contribution in [3.05, 3.63) is 47.5 Å². The molecule has 3 heterocycles. The van der Waals surface area contributed by atoms with Crippen molar-refractivity contribution in [2.45, 2.75) is 37.1 Å². The van der Waals surface area contributed by atoms with Gasteiger partial charge in [0.25, 0.3) is 0 Å². The second-order valence-corrected chi connectivity index (χ2v) is 11.1. The number of nitrogens with one attached hydrogen (secondary N) is 1. The molecule has 2 atom stereocenters. The second kappa shape index (κ2) is 8.51. The number of carbonyl (C=O) groups excluding carboxylic acids is 2. The van der Waals surface area contributed by atoms with Crippen molar-refractivity contribution in [1.29, 1.82) is 0 Å². The number of amides is 1. The number of aromatic nitrogens is 1. The van der Waals surface area contributed by atoms with Crippen LogP contribution in [0.5, 0.6) is 5.75 Å². The highest BCUT2D eigenvalue weighted by Gasteiger charge is 2.41. The zero-order valence-electron chi connectivity index (χ0n) is 18.0. The van der Waals surface area contributed by atoms with Crippen LogP contribution < -0.4 is 10.1 Å². The Labute approximate surface area is 195 Å². The van der Waals surface area contributed by atoms with Crippen LogP contribution in [0.15, 0.2) is 46.8 Å². The van der Waals surface area contributed by atoms with Gasteiger partial charge in [-0.3, -0.25) is 9.59 Å². The van der Waals surface area contributed by atoms with Gasteiger partial charge in [0.1, 0.15) is 11.5 Å². The highest BCUT2D eigenvalue weighted by molar-refractivity contribution is 7.89. The van der Waals surface area contributed by atoms with Gasteiger partial charge in [-0.1, -0.05) is 0 Å². The summed E-state index contributed by atoms with van der Waals surface area (Å²) in [7, 11) is -3.89. The number of ketones is 1. The van der Waals surface area contributed by atoms with E-state index in [9.17, 15) is 18.0 Å². The lowest BCUT2D eigenvalue weighted by Crippen LogP contribution is -2.51.